The number of hydrogen-bond acceptors (Lipinski definition) is 3. The maximum atomic E-state index is 12.4. The van der Waals surface area contributed by atoms with E-state index in [1.54, 1.807) is 0 Å². The second-order valence-corrected chi connectivity index (χ2v) is 4.64. The summed E-state index contributed by atoms with van der Waals surface area (Å²) in [5.74, 6) is 0.147. The molecule has 0 aliphatic carbocycles. The molecule has 0 bridgehead atoms. The summed E-state index contributed by atoms with van der Waals surface area (Å²) in [5, 5.41) is 5.46. The third-order valence-electron chi connectivity index (χ3n) is 2.77. The number of nitrogens with zero attached hydrogens (tertiary/aromatic N) is 1. The molecule has 1 aromatic heterocycles. The SMILES string of the molecule is O=C1CCC(CNc2ncc(C(F)(F)F)cc2Cl)N1. The lowest BCUT2D eigenvalue weighted by Crippen LogP contribution is -2.32. The Kier molecular flexibility index (Phi) is 3.84. The van der Waals surface area contributed by atoms with Gasteiger partial charge in [-0.3, -0.25) is 4.79 Å². The molecule has 2 heterocycles. The standard InChI is InChI=1S/C11H11ClF3N3O/c12-8-3-6(11(13,14)15)4-16-10(8)17-5-7-1-2-9(19)18-7/h3-4,7H,1-2,5H2,(H,16,17)(H,18,19). The zero-order chi connectivity index (χ0) is 14.0. The van der Waals surface area contributed by atoms with Crippen LogP contribution >= 0.6 is 11.6 Å². The number of alkyl halides is 3. The first-order chi connectivity index (χ1) is 8.86. The lowest BCUT2D eigenvalue weighted by Gasteiger charge is -2.14. The van der Waals surface area contributed by atoms with Crippen molar-refractivity contribution in [2.75, 3.05) is 11.9 Å². The van der Waals surface area contributed by atoms with Crippen molar-refractivity contribution in [3.8, 4) is 0 Å². The number of halogens is 4. The largest absolute Gasteiger partial charge is 0.417 e. The molecule has 104 valence electrons. The van der Waals surface area contributed by atoms with Crippen molar-refractivity contribution in [3.63, 3.8) is 0 Å². The van der Waals surface area contributed by atoms with Crippen molar-refractivity contribution in [2.24, 2.45) is 0 Å². The van der Waals surface area contributed by atoms with Gasteiger partial charge in [-0.2, -0.15) is 13.2 Å². The maximum Gasteiger partial charge on any atom is 0.417 e. The number of hydrogen-bond donors (Lipinski definition) is 2. The predicted molar refractivity (Wildman–Crippen MR) is 63.9 cm³/mol. The molecule has 1 unspecified atom stereocenters. The third kappa shape index (κ3) is 3.50. The summed E-state index contributed by atoms with van der Waals surface area (Å²) in [6.07, 6.45) is -2.60. The average molecular weight is 294 g/mol. The summed E-state index contributed by atoms with van der Waals surface area (Å²) in [6, 6.07) is 0.775. The lowest BCUT2D eigenvalue weighted by atomic mass is 10.2. The van der Waals surface area contributed by atoms with Crippen LogP contribution in [0.2, 0.25) is 5.02 Å². The van der Waals surface area contributed by atoms with Gasteiger partial charge in [-0.05, 0) is 12.5 Å². The molecule has 0 aromatic carbocycles. The highest BCUT2D eigenvalue weighted by molar-refractivity contribution is 6.32. The Bertz CT molecular complexity index is 493. The van der Waals surface area contributed by atoms with Crippen molar-refractivity contribution in [1.82, 2.24) is 10.3 Å². The van der Waals surface area contributed by atoms with Crippen LogP contribution in [-0.4, -0.2) is 23.5 Å². The summed E-state index contributed by atoms with van der Waals surface area (Å²) in [5.41, 5.74) is -0.891. The fourth-order valence-electron chi connectivity index (χ4n) is 1.77. The van der Waals surface area contributed by atoms with Gasteiger partial charge in [0.05, 0.1) is 10.6 Å². The van der Waals surface area contributed by atoms with Gasteiger partial charge in [-0.25, -0.2) is 4.98 Å². The first-order valence-corrected chi connectivity index (χ1v) is 6.00. The molecule has 1 atom stereocenters. The summed E-state index contributed by atoms with van der Waals surface area (Å²) in [4.78, 5) is 14.6. The number of nitrogens with one attached hydrogen (secondary N) is 2. The normalized spacial score (nSPS) is 19.4. The highest BCUT2D eigenvalue weighted by Gasteiger charge is 2.31. The monoisotopic (exact) mass is 293 g/mol. The van der Waals surface area contributed by atoms with Gasteiger partial charge in [0.25, 0.3) is 0 Å². The lowest BCUT2D eigenvalue weighted by molar-refractivity contribution is -0.137. The minimum absolute atomic E-state index is 0.0294. The molecule has 4 nitrogen and oxygen atoms in total. The predicted octanol–water partition coefficient (Wildman–Crippen LogP) is 2.44. The fourth-order valence-corrected chi connectivity index (χ4v) is 2.01. The van der Waals surface area contributed by atoms with E-state index in [0.29, 0.717) is 19.4 Å². The van der Waals surface area contributed by atoms with Crippen molar-refractivity contribution < 1.29 is 18.0 Å². The Morgan fingerprint density at radius 1 is 1.53 bits per heavy atom. The molecule has 19 heavy (non-hydrogen) atoms. The zero-order valence-corrected chi connectivity index (χ0v) is 10.5. The van der Waals surface area contributed by atoms with Gasteiger partial charge < -0.3 is 10.6 Å². The number of carbonyl (C=O) groups is 1. The molecular weight excluding hydrogens is 283 g/mol. The van der Waals surface area contributed by atoms with E-state index in [2.05, 4.69) is 15.6 Å². The van der Waals surface area contributed by atoms with Crippen molar-refractivity contribution >= 4 is 23.3 Å². The quantitative estimate of drug-likeness (QED) is 0.900. The van der Waals surface area contributed by atoms with Crippen LogP contribution in [-0.2, 0) is 11.0 Å². The van der Waals surface area contributed by atoms with Gasteiger partial charge in [0, 0.05) is 25.2 Å². The van der Waals surface area contributed by atoms with E-state index in [9.17, 15) is 18.0 Å². The van der Waals surface area contributed by atoms with Gasteiger partial charge in [-0.1, -0.05) is 11.6 Å². The smallest absolute Gasteiger partial charge is 0.367 e. The van der Waals surface area contributed by atoms with Crippen LogP contribution in [0.25, 0.3) is 0 Å². The van der Waals surface area contributed by atoms with Crippen LogP contribution in [0.4, 0.5) is 19.0 Å². The molecule has 8 heteroatoms. The van der Waals surface area contributed by atoms with Crippen LogP contribution < -0.4 is 10.6 Å². The molecule has 2 N–H and O–H groups in total. The van der Waals surface area contributed by atoms with Gasteiger partial charge in [0.15, 0.2) is 0 Å². The molecule has 1 aliphatic heterocycles. The van der Waals surface area contributed by atoms with Gasteiger partial charge in [0.1, 0.15) is 5.82 Å². The van der Waals surface area contributed by atoms with Crippen LogP contribution in [0, 0.1) is 0 Å². The summed E-state index contributed by atoms with van der Waals surface area (Å²) < 4.78 is 37.2. The second-order valence-electron chi connectivity index (χ2n) is 4.24. The summed E-state index contributed by atoms with van der Waals surface area (Å²) in [7, 11) is 0. The Morgan fingerprint density at radius 3 is 2.79 bits per heavy atom. The first-order valence-electron chi connectivity index (χ1n) is 5.62. The van der Waals surface area contributed by atoms with E-state index < -0.39 is 11.7 Å². The number of aromatic nitrogens is 1. The average Bonchev–Trinajstić information content (AvgIpc) is 2.72. The number of rotatable bonds is 3. The Hall–Kier alpha value is -1.50. The zero-order valence-electron chi connectivity index (χ0n) is 9.72. The molecule has 1 amide bonds. The maximum absolute atomic E-state index is 12.4. The second kappa shape index (κ2) is 5.24. The van der Waals surface area contributed by atoms with Crippen LogP contribution in [0.3, 0.4) is 0 Å². The van der Waals surface area contributed by atoms with Crippen molar-refractivity contribution in [2.45, 2.75) is 25.1 Å². The van der Waals surface area contributed by atoms with Crippen molar-refractivity contribution in [1.29, 1.82) is 0 Å². The Labute approximate surface area is 112 Å². The number of pyridine rings is 1. The van der Waals surface area contributed by atoms with E-state index in [1.165, 1.54) is 0 Å². The van der Waals surface area contributed by atoms with E-state index in [1.807, 2.05) is 0 Å². The van der Waals surface area contributed by atoms with Gasteiger partial charge in [-0.15, -0.1) is 0 Å². The molecule has 1 saturated heterocycles. The molecule has 1 aromatic rings. The molecule has 0 radical (unpaired) electrons. The molecule has 0 spiro atoms. The Balaban J connectivity index is 1.99. The molecule has 1 aliphatic rings. The highest BCUT2D eigenvalue weighted by atomic mass is 35.5. The van der Waals surface area contributed by atoms with E-state index in [0.717, 1.165) is 12.3 Å². The minimum atomic E-state index is -4.46. The molecular formula is C11H11ClF3N3O. The number of amides is 1. The summed E-state index contributed by atoms with van der Waals surface area (Å²) >= 11 is 5.74. The summed E-state index contributed by atoms with van der Waals surface area (Å²) in [6.45, 7) is 0.379. The van der Waals surface area contributed by atoms with E-state index in [4.69, 9.17) is 11.6 Å². The van der Waals surface area contributed by atoms with Crippen LogP contribution in [0.1, 0.15) is 18.4 Å². The van der Waals surface area contributed by atoms with Gasteiger partial charge >= 0.3 is 6.18 Å². The number of anilines is 1. The molecule has 2 rings (SSSR count). The molecule has 0 saturated carbocycles. The first kappa shape index (κ1) is 13.9. The van der Waals surface area contributed by atoms with Gasteiger partial charge in [0.2, 0.25) is 5.91 Å². The fraction of sp³-hybridized carbons (Fsp3) is 0.455. The topological polar surface area (TPSA) is 54.0 Å². The molecule has 1 fully saturated rings. The Morgan fingerprint density at radius 2 is 2.26 bits per heavy atom. The van der Waals surface area contributed by atoms with Crippen LogP contribution in [0.15, 0.2) is 12.3 Å². The third-order valence-corrected chi connectivity index (χ3v) is 3.06. The van der Waals surface area contributed by atoms with Crippen molar-refractivity contribution in [3.05, 3.63) is 22.8 Å². The highest BCUT2D eigenvalue weighted by Crippen LogP contribution is 2.32. The van der Waals surface area contributed by atoms with E-state index in [-0.39, 0.29) is 22.8 Å². The van der Waals surface area contributed by atoms with Crippen LogP contribution in [0.5, 0.6) is 0 Å². The minimum Gasteiger partial charge on any atom is -0.367 e. The number of carbonyl (C=O) groups excluding carboxylic acids is 1. The van der Waals surface area contributed by atoms with E-state index >= 15 is 0 Å².